The monoisotopic (exact) mass is 321 g/mol. The van der Waals surface area contributed by atoms with Crippen molar-refractivity contribution in [2.45, 2.75) is 13.3 Å². The third-order valence-electron chi connectivity index (χ3n) is 3.36. The lowest BCUT2D eigenvalue weighted by atomic mass is 10.1. The normalized spacial score (nSPS) is 13.0. The van der Waals surface area contributed by atoms with Crippen molar-refractivity contribution in [1.29, 1.82) is 0 Å². The summed E-state index contributed by atoms with van der Waals surface area (Å²) in [4.78, 5) is 0. The fourth-order valence-corrected chi connectivity index (χ4v) is 2.57. The highest BCUT2D eigenvalue weighted by Gasteiger charge is 2.16. The van der Waals surface area contributed by atoms with Gasteiger partial charge in [0, 0.05) is 18.3 Å². The molecular formula is C15H13BrFNO. The first-order chi connectivity index (χ1) is 9.15. The van der Waals surface area contributed by atoms with E-state index in [1.165, 1.54) is 17.3 Å². The van der Waals surface area contributed by atoms with Gasteiger partial charge >= 0.3 is 0 Å². The first kappa shape index (κ1) is 12.5. The largest absolute Gasteiger partial charge is 0.457 e. The molecule has 19 heavy (non-hydrogen) atoms. The van der Waals surface area contributed by atoms with Gasteiger partial charge in [0.1, 0.15) is 17.3 Å². The quantitative estimate of drug-likeness (QED) is 0.868. The van der Waals surface area contributed by atoms with Gasteiger partial charge in [-0.15, -0.1) is 0 Å². The van der Waals surface area contributed by atoms with Crippen LogP contribution in [0, 0.1) is 12.7 Å². The maximum absolute atomic E-state index is 13.5. The van der Waals surface area contributed by atoms with Crippen LogP contribution in [-0.4, -0.2) is 6.54 Å². The second-order valence-corrected chi connectivity index (χ2v) is 5.42. The lowest BCUT2D eigenvalue weighted by Crippen LogP contribution is -1.92. The average molecular weight is 322 g/mol. The first-order valence-corrected chi connectivity index (χ1v) is 6.94. The Kier molecular flexibility index (Phi) is 3.19. The molecule has 2 aromatic carbocycles. The smallest absolute Gasteiger partial charge is 0.141 e. The molecule has 2 aromatic rings. The van der Waals surface area contributed by atoms with Gasteiger partial charge < -0.3 is 10.1 Å². The molecule has 0 aliphatic carbocycles. The number of ether oxygens (including phenoxy) is 1. The molecule has 2 nitrogen and oxygen atoms in total. The van der Waals surface area contributed by atoms with E-state index in [1.807, 2.05) is 19.1 Å². The van der Waals surface area contributed by atoms with Crippen LogP contribution in [0.3, 0.4) is 0 Å². The molecule has 3 rings (SSSR count). The van der Waals surface area contributed by atoms with Crippen molar-refractivity contribution in [3.8, 4) is 11.5 Å². The SMILES string of the molecule is Cc1c(Oc2ccc(Br)c(F)c2)ccc2c1CCN2. The fourth-order valence-electron chi connectivity index (χ4n) is 2.32. The van der Waals surface area contributed by atoms with Gasteiger partial charge in [-0.25, -0.2) is 4.39 Å². The molecule has 4 heteroatoms. The number of halogens is 2. The third-order valence-corrected chi connectivity index (χ3v) is 4.00. The van der Waals surface area contributed by atoms with Gasteiger partial charge in [0.2, 0.25) is 0 Å². The average Bonchev–Trinajstić information content (AvgIpc) is 2.86. The van der Waals surface area contributed by atoms with Gasteiger partial charge in [-0.2, -0.15) is 0 Å². The van der Waals surface area contributed by atoms with Gasteiger partial charge in [0.25, 0.3) is 0 Å². The van der Waals surface area contributed by atoms with Crippen LogP contribution in [0.15, 0.2) is 34.8 Å². The van der Waals surface area contributed by atoms with Crippen molar-refractivity contribution >= 4 is 21.6 Å². The number of hydrogen-bond acceptors (Lipinski definition) is 2. The second-order valence-electron chi connectivity index (χ2n) is 4.57. The first-order valence-electron chi connectivity index (χ1n) is 6.14. The zero-order chi connectivity index (χ0) is 13.4. The molecule has 1 heterocycles. The Morgan fingerprint density at radius 1 is 1.26 bits per heavy atom. The Morgan fingerprint density at radius 3 is 2.89 bits per heavy atom. The van der Waals surface area contributed by atoms with E-state index >= 15 is 0 Å². The molecule has 0 saturated carbocycles. The van der Waals surface area contributed by atoms with E-state index in [4.69, 9.17) is 4.74 Å². The Balaban J connectivity index is 1.93. The van der Waals surface area contributed by atoms with Crippen LogP contribution in [0.25, 0.3) is 0 Å². The summed E-state index contributed by atoms with van der Waals surface area (Å²) in [5.74, 6) is 0.969. The molecule has 1 aliphatic heterocycles. The predicted molar refractivity (Wildman–Crippen MR) is 77.5 cm³/mol. The Morgan fingerprint density at radius 2 is 2.11 bits per heavy atom. The molecule has 0 radical (unpaired) electrons. The number of hydrogen-bond donors (Lipinski definition) is 1. The summed E-state index contributed by atoms with van der Waals surface area (Å²) in [6, 6.07) is 8.72. The number of anilines is 1. The van der Waals surface area contributed by atoms with Gasteiger partial charge in [-0.05, 0) is 64.7 Å². The molecule has 0 spiro atoms. The van der Waals surface area contributed by atoms with Crippen molar-refractivity contribution in [3.63, 3.8) is 0 Å². The van der Waals surface area contributed by atoms with Crippen molar-refractivity contribution in [1.82, 2.24) is 0 Å². The zero-order valence-corrected chi connectivity index (χ0v) is 12.1. The number of rotatable bonds is 2. The molecule has 1 aliphatic rings. The molecular weight excluding hydrogens is 309 g/mol. The minimum atomic E-state index is -0.321. The molecule has 0 saturated heterocycles. The molecule has 0 aromatic heterocycles. The minimum Gasteiger partial charge on any atom is -0.457 e. The zero-order valence-electron chi connectivity index (χ0n) is 10.5. The summed E-state index contributed by atoms with van der Waals surface area (Å²) in [5, 5.41) is 3.33. The number of nitrogens with one attached hydrogen (secondary N) is 1. The lowest BCUT2D eigenvalue weighted by Gasteiger charge is -2.12. The summed E-state index contributed by atoms with van der Waals surface area (Å²) in [7, 11) is 0. The highest BCUT2D eigenvalue weighted by Crippen LogP contribution is 2.34. The van der Waals surface area contributed by atoms with E-state index in [2.05, 4.69) is 21.2 Å². The van der Waals surface area contributed by atoms with E-state index in [9.17, 15) is 4.39 Å². The van der Waals surface area contributed by atoms with Crippen LogP contribution in [0.4, 0.5) is 10.1 Å². The fraction of sp³-hybridized carbons (Fsp3) is 0.200. The molecule has 98 valence electrons. The van der Waals surface area contributed by atoms with Gasteiger partial charge in [-0.1, -0.05) is 0 Å². The summed E-state index contributed by atoms with van der Waals surface area (Å²) >= 11 is 3.13. The summed E-state index contributed by atoms with van der Waals surface area (Å²) < 4.78 is 19.7. The Bertz CT molecular complexity index is 642. The number of benzene rings is 2. The van der Waals surface area contributed by atoms with E-state index in [-0.39, 0.29) is 5.82 Å². The topological polar surface area (TPSA) is 21.3 Å². The van der Waals surface area contributed by atoms with Crippen molar-refractivity contribution in [2.75, 3.05) is 11.9 Å². The van der Waals surface area contributed by atoms with Crippen molar-refractivity contribution in [3.05, 3.63) is 51.7 Å². The summed E-state index contributed by atoms with van der Waals surface area (Å²) in [5.41, 5.74) is 3.58. The van der Waals surface area contributed by atoms with Crippen molar-refractivity contribution in [2.24, 2.45) is 0 Å². The minimum absolute atomic E-state index is 0.321. The van der Waals surface area contributed by atoms with Crippen LogP contribution >= 0.6 is 15.9 Å². The standard InChI is InChI=1S/C15H13BrFNO/c1-9-11-6-7-18-14(11)4-5-15(9)19-10-2-3-12(16)13(17)8-10/h2-5,8,18H,6-7H2,1H3. The van der Waals surface area contributed by atoms with E-state index < -0.39 is 0 Å². The summed E-state index contributed by atoms with van der Waals surface area (Å²) in [6.45, 7) is 3.00. The molecule has 0 amide bonds. The van der Waals surface area contributed by atoms with Gasteiger partial charge in [-0.3, -0.25) is 0 Å². The van der Waals surface area contributed by atoms with E-state index in [1.54, 1.807) is 12.1 Å². The van der Waals surface area contributed by atoms with Crippen LogP contribution in [0.1, 0.15) is 11.1 Å². The van der Waals surface area contributed by atoms with Gasteiger partial charge in [0.15, 0.2) is 0 Å². The Hall–Kier alpha value is -1.55. The summed E-state index contributed by atoms with van der Waals surface area (Å²) in [6.07, 6.45) is 1.01. The predicted octanol–water partition coefficient (Wildman–Crippen LogP) is 4.66. The van der Waals surface area contributed by atoms with Gasteiger partial charge in [0.05, 0.1) is 4.47 Å². The highest BCUT2D eigenvalue weighted by atomic mass is 79.9. The maximum Gasteiger partial charge on any atom is 0.141 e. The number of fused-ring (bicyclic) bond motifs is 1. The molecule has 0 fully saturated rings. The Labute approximate surface area is 119 Å². The highest BCUT2D eigenvalue weighted by molar-refractivity contribution is 9.10. The maximum atomic E-state index is 13.5. The molecule has 0 atom stereocenters. The lowest BCUT2D eigenvalue weighted by molar-refractivity contribution is 0.472. The van der Waals surface area contributed by atoms with E-state index in [0.29, 0.717) is 10.2 Å². The molecule has 0 unspecified atom stereocenters. The van der Waals surface area contributed by atoms with Crippen LogP contribution < -0.4 is 10.1 Å². The van der Waals surface area contributed by atoms with Crippen LogP contribution in [-0.2, 0) is 6.42 Å². The molecule has 0 bridgehead atoms. The third kappa shape index (κ3) is 2.32. The van der Waals surface area contributed by atoms with Crippen LogP contribution in [0.2, 0.25) is 0 Å². The molecule has 1 N–H and O–H groups in total. The van der Waals surface area contributed by atoms with Crippen LogP contribution in [0.5, 0.6) is 11.5 Å². The van der Waals surface area contributed by atoms with E-state index in [0.717, 1.165) is 24.3 Å². The second kappa shape index (κ2) is 4.85. The van der Waals surface area contributed by atoms with Crippen molar-refractivity contribution < 1.29 is 9.13 Å².